The first kappa shape index (κ1) is 23.8. The fourth-order valence-electron chi connectivity index (χ4n) is 11.5. The Kier molecular flexibility index (Phi) is 3.61. The monoisotopic (exact) mass is 575 g/mol. The molecular formula is C36H29B5N2P-. The average molecular weight is 575 g/mol. The van der Waals surface area contributed by atoms with Crippen LogP contribution in [0.3, 0.4) is 0 Å². The summed E-state index contributed by atoms with van der Waals surface area (Å²) in [5.41, 5.74) is 16.3. The van der Waals surface area contributed by atoms with Gasteiger partial charge in [-0.25, -0.2) is 0 Å². The molecule has 5 aromatic carbocycles. The number of fused-ring (bicyclic) bond motifs is 4. The van der Waals surface area contributed by atoms with Crippen LogP contribution in [0.5, 0.6) is 0 Å². The van der Waals surface area contributed by atoms with Crippen LogP contribution in [0.1, 0.15) is 49.9 Å². The Bertz CT molecular complexity index is 2390. The SMILES string of the molecule is CC1(C)c2cccc3c2B2c4c1ccc(P15(Nc6ccccc6)B6[B-]B1B65)c4C(C)(C)c1ccc4c5ccccc5n-3c4c12. The van der Waals surface area contributed by atoms with Crippen molar-refractivity contribution in [3.8, 4) is 5.69 Å². The van der Waals surface area contributed by atoms with Gasteiger partial charge in [-0.1, -0.05) is 0 Å². The van der Waals surface area contributed by atoms with Crippen molar-refractivity contribution < 1.29 is 0 Å². The summed E-state index contributed by atoms with van der Waals surface area (Å²) in [6, 6.07) is 37.5. The molecule has 0 atom stereocenters. The van der Waals surface area contributed by atoms with Gasteiger partial charge in [0.2, 0.25) is 0 Å². The number of hydrogen-bond acceptors (Lipinski definition) is 1. The molecule has 8 heterocycles. The molecule has 204 valence electrons. The van der Waals surface area contributed by atoms with E-state index in [4.69, 9.17) is 0 Å². The van der Waals surface area contributed by atoms with Crippen LogP contribution in [0.15, 0.2) is 97.1 Å². The summed E-state index contributed by atoms with van der Waals surface area (Å²) in [5.74, 6) is 0. The van der Waals surface area contributed by atoms with Crippen molar-refractivity contribution in [2.45, 2.75) is 38.5 Å². The van der Waals surface area contributed by atoms with E-state index in [2.05, 4.69) is 141 Å². The van der Waals surface area contributed by atoms with Gasteiger partial charge in [-0.3, -0.25) is 0 Å². The molecule has 0 amide bonds. The van der Waals surface area contributed by atoms with E-state index in [-0.39, 0.29) is 17.5 Å². The maximum atomic E-state index is 4.37. The molecule has 0 aliphatic carbocycles. The van der Waals surface area contributed by atoms with Crippen LogP contribution < -0.4 is 26.8 Å². The van der Waals surface area contributed by atoms with E-state index in [0.717, 1.165) is 18.6 Å². The van der Waals surface area contributed by atoms with E-state index in [1.807, 2.05) is 0 Å². The number of nitrogens with one attached hydrogen (secondary N) is 1. The van der Waals surface area contributed by atoms with Gasteiger partial charge in [-0.2, -0.15) is 0 Å². The molecule has 4 saturated heterocycles. The number of benzene rings is 5. The van der Waals surface area contributed by atoms with Gasteiger partial charge < -0.3 is 0 Å². The summed E-state index contributed by atoms with van der Waals surface area (Å²) in [5, 5.41) is 8.84. The molecule has 0 unspecified atom stereocenters. The summed E-state index contributed by atoms with van der Waals surface area (Å²) in [6.07, 6.45) is 0.0986. The number of rotatable bonds is 3. The number of hydrogen-bond donors (Lipinski definition) is 1. The Morgan fingerprint density at radius 1 is 0.659 bits per heavy atom. The molecule has 8 heteroatoms. The van der Waals surface area contributed by atoms with E-state index in [1.54, 1.807) is 32.8 Å². The quantitative estimate of drug-likeness (QED) is 0.233. The average Bonchev–Trinajstić information content (AvgIpc) is 3.60. The first-order valence-electron chi connectivity index (χ1n) is 16.4. The molecule has 6 aromatic rings. The van der Waals surface area contributed by atoms with Crippen molar-refractivity contribution in [2.75, 3.05) is 5.09 Å². The van der Waals surface area contributed by atoms with Crippen molar-refractivity contribution in [1.82, 2.24) is 4.57 Å². The summed E-state index contributed by atoms with van der Waals surface area (Å²) >= 11 is 0. The van der Waals surface area contributed by atoms with Gasteiger partial charge in [-0.05, 0) is 0 Å². The van der Waals surface area contributed by atoms with Gasteiger partial charge in [0.05, 0.1) is 0 Å². The zero-order chi connectivity index (χ0) is 29.1. The van der Waals surface area contributed by atoms with Crippen LogP contribution in [0.25, 0.3) is 27.5 Å². The third kappa shape index (κ3) is 2.07. The molecule has 0 spiro atoms. The van der Waals surface area contributed by atoms with Crippen molar-refractivity contribution in [3.05, 3.63) is 119 Å². The van der Waals surface area contributed by atoms with Gasteiger partial charge in [-0.15, -0.1) is 0 Å². The third-order valence-electron chi connectivity index (χ3n) is 13.5. The fourth-order valence-corrected chi connectivity index (χ4v) is 19.9. The van der Waals surface area contributed by atoms with Gasteiger partial charge >= 0.3 is 261 Å². The van der Waals surface area contributed by atoms with Crippen molar-refractivity contribution >= 4 is 88.0 Å². The number of aromatic nitrogens is 1. The van der Waals surface area contributed by atoms with Crippen LogP contribution >= 0.6 is 6.39 Å². The molecule has 7 aliphatic rings. The van der Waals surface area contributed by atoms with Crippen LogP contribution in [0.2, 0.25) is 0 Å². The molecule has 44 heavy (non-hydrogen) atoms. The number of nitrogens with zero attached hydrogens (tertiary/aromatic N) is 1. The molecule has 4 fully saturated rings. The van der Waals surface area contributed by atoms with Gasteiger partial charge in [0.25, 0.3) is 0 Å². The molecule has 2 bridgehead atoms. The van der Waals surface area contributed by atoms with E-state index in [0.29, 0.717) is 0 Å². The first-order valence-corrected chi connectivity index (χ1v) is 18.8. The zero-order valence-electron chi connectivity index (χ0n) is 25.5. The standard InChI is InChI=1S/C36H29B5N2P/c1-35(2)24-14-10-16-28-31(24)38-32-25(35)19-20-29(44(39-37-40(44)41(39)44)42-21-11-6-5-7-12-21)30(32)36(3,4)26-18-17-23-22-13-8-9-15-27(22)43(28)34(23)33(26)38/h5-20,42H,1-4H3/q-1. The van der Waals surface area contributed by atoms with Crippen molar-refractivity contribution in [3.63, 3.8) is 0 Å². The second-order valence-corrected chi connectivity index (χ2v) is 20.8. The minimum absolute atomic E-state index is 0.0771. The molecule has 1 aromatic heterocycles. The summed E-state index contributed by atoms with van der Waals surface area (Å²) in [7, 11) is 2.67. The van der Waals surface area contributed by atoms with Crippen LogP contribution in [-0.2, 0) is 10.8 Å². The normalized spacial score (nSPS) is 22.2. The second kappa shape index (κ2) is 6.68. The summed E-state index contributed by atoms with van der Waals surface area (Å²) < 4.78 is 2.62. The Morgan fingerprint density at radius 3 is 2.14 bits per heavy atom. The molecule has 0 saturated carbocycles. The molecule has 13 rings (SSSR count). The van der Waals surface area contributed by atoms with Crippen LogP contribution in [0, 0.1) is 0 Å². The molecule has 7 aliphatic heterocycles. The Morgan fingerprint density at radius 2 is 1.36 bits per heavy atom. The van der Waals surface area contributed by atoms with E-state index in [9.17, 15) is 0 Å². The van der Waals surface area contributed by atoms with Crippen molar-refractivity contribution in [2.24, 2.45) is 0 Å². The predicted molar refractivity (Wildman–Crippen MR) is 196 cm³/mol. The van der Waals surface area contributed by atoms with Gasteiger partial charge in [0.15, 0.2) is 0 Å². The maximum absolute atomic E-state index is 4.37. The van der Waals surface area contributed by atoms with E-state index in [1.165, 1.54) is 44.3 Å². The predicted octanol–water partition coefficient (Wildman–Crippen LogP) is 4.97. The summed E-state index contributed by atoms with van der Waals surface area (Å²) in [6.45, 7) is 10.3. The number of anilines is 1. The third-order valence-corrected chi connectivity index (χ3v) is 20.5. The van der Waals surface area contributed by atoms with Crippen LogP contribution in [-0.4, -0.2) is 37.0 Å². The van der Waals surface area contributed by atoms with Gasteiger partial charge in [0, 0.05) is 0 Å². The Hall–Kier alpha value is -3.55. The van der Waals surface area contributed by atoms with E-state index >= 15 is 0 Å². The molecular weight excluding hydrogens is 545 g/mol. The molecule has 1 N–H and O–H groups in total. The van der Waals surface area contributed by atoms with E-state index < -0.39 is 6.39 Å². The fraction of sp³-hybridized carbons (Fsp3) is 0.167. The topological polar surface area (TPSA) is 17.0 Å². The first-order chi connectivity index (χ1) is 21.3. The molecule has 2 radical (unpaired) electrons. The van der Waals surface area contributed by atoms with Crippen LogP contribution in [0.4, 0.5) is 5.69 Å². The summed E-state index contributed by atoms with van der Waals surface area (Å²) in [4.78, 5) is 0. The van der Waals surface area contributed by atoms with Gasteiger partial charge in [0.1, 0.15) is 0 Å². The number of para-hydroxylation sites is 2. The Labute approximate surface area is 260 Å². The zero-order valence-corrected chi connectivity index (χ0v) is 26.4. The minimum atomic E-state index is -2.27. The Balaban J connectivity index is 1.25. The molecule has 2 nitrogen and oxygen atoms in total. The second-order valence-electron chi connectivity index (χ2n) is 15.6. The van der Waals surface area contributed by atoms with Crippen molar-refractivity contribution in [1.29, 1.82) is 0 Å².